The number of hydrogen-bond donors (Lipinski definition) is 11. The lowest BCUT2D eigenvalue weighted by atomic mass is 9.41. The van der Waals surface area contributed by atoms with E-state index in [4.69, 9.17) is 28.4 Å². The van der Waals surface area contributed by atoms with Crippen LogP contribution in [-0.4, -0.2) is 179 Å². The average Bonchev–Trinajstić information content (AvgIpc) is 3.84. The van der Waals surface area contributed by atoms with E-state index in [1.165, 1.54) is 6.92 Å². The molecule has 3 aliphatic heterocycles. The summed E-state index contributed by atoms with van der Waals surface area (Å²) in [6.45, 7) is 15.7. The Morgan fingerprint density at radius 1 is 0.672 bits per heavy atom. The van der Waals surface area contributed by atoms with Gasteiger partial charge in [-0.3, -0.25) is 0 Å². The van der Waals surface area contributed by atoms with Crippen molar-refractivity contribution in [3.8, 4) is 0 Å². The van der Waals surface area contributed by atoms with E-state index in [2.05, 4.69) is 34.6 Å². The van der Waals surface area contributed by atoms with E-state index in [9.17, 15) is 56.2 Å². The van der Waals surface area contributed by atoms with Gasteiger partial charge in [-0.1, -0.05) is 34.6 Å². The number of hydrogen-bond acceptors (Lipinski definition) is 17. The minimum Gasteiger partial charge on any atom is -0.390 e. The first-order valence-electron chi connectivity index (χ1n) is 24.1. The monoisotopic (exact) mass is 917 g/mol. The van der Waals surface area contributed by atoms with E-state index in [0.717, 1.165) is 44.9 Å². The second-order valence-electron chi connectivity index (χ2n) is 23.4. The minimum absolute atomic E-state index is 0.0000284. The summed E-state index contributed by atoms with van der Waals surface area (Å²) in [6, 6.07) is 0. The van der Waals surface area contributed by atoms with Gasteiger partial charge in [0, 0.05) is 0 Å². The first-order valence-corrected chi connectivity index (χ1v) is 24.1. The summed E-state index contributed by atoms with van der Waals surface area (Å²) in [7, 11) is 0. The summed E-state index contributed by atoms with van der Waals surface area (Å²) in [6.07, 6.45) is -12.3. The fourth-order valence-corrected chi connectivity index (χ4v) is 15.5. The number of rotatable bonds is 12. The molecule has 3 saturated heterocycles. The lowest BCUT2D eigenvalue weighted by Gasteiger charge is -2.63. The van der Waals surface area contributed by atoms with Crippen molar-refractivity contribution in [1.82, 2.24) is 0 Å². The molecule has 17 nitrogen and oxygen atoms in total. The Hall–Kier alpha value is -0.680. The number of ether oxygens (including phenoxy) is 6. The summed E-state index contributed by atoms with van der Waals surface area (Å²) in [4.78, 5) is 0. The Labute approximate surface area is 377 Å². The van der Waals surface area contributed by atoms with Crippen LogP contribution in [0.5, 0.6) is 0 Å². The molecule has 1 unspecified atom stereocenters. The Morgan fingerprint density at radius 2 is 1.30 bits per heavy atom. The van der Waals surface area contributed by atoms with Gasteiger partial charge in [0.25, 0.3) is 0 Å². The van der Waals surface area contributed by atoms with Crippen LogP contribution in [0.2, 0.25) is 0 Å². The van der Waals surface area contributed by atoms with Crippen LogP contribution in [-0.2, 0) is 28.4 Å². The number of fused-ring (bicyclic) bond motifs is 2. The van der Waals surface area contributed by atoms with E-state index >= 15 is 0 Å². The Bertz CT molecular complexity index is 1650. The minimum atomic E-state index is -1.67. The molecule has 8 aliphatic rings. The van der Waals surface area contributed by atoms with Crippen LogP contribution >= 0.6 is 0 Å². The van der Waals surface area contributed by atoms with Gasteiger partial charge >= 0.3 is 0 Å². The van der Waals surface area contributed by atoms with Crippen molar-refractivity contribution >= 4 is 0 Å². The third-order valence-electron chi connectivity index (χ3n) is 19.4. The predicted molar refractivity (Wildman–Crippen MR) is 225 cm³/mol. The van der Waals surface area contributed by atoms with Crippen molar-refractivity contribution < 1.29 is 84.6 Å². The van der Waals surface area contributed by atoms with E-state index in [0.29, 0.717) is 31.1 Å². The summed E-state index contributed by atoms with van der Waals surface area (Å²) in [5.74, 6) is 0.611. The van der Waals surface area contributed by atoms with Gasteiger partial charge in [-0.25, -0.2) is 0 Å². The van der Waals surface area contributed by atoms with Crippen LogP contribution in [0.4, 0.5) is 0 Å². The first-order chi connectivity index (χ1) is 29.8. The van der Waals surface area contributed by atoms with Crippen LogP contribution in [0, 0.1) is 50.7 Å². The molecular weight excluding hydrogens is 836 g/mol. The third kappa shape index (κ3) is 7.78. The molecule has 0 bridgehead atoms. The van der Waals surface area contributed by atoms with Crippen molar-refractivity contribution in [1.29, 1.82) is 0 Å². The summed E-state index contributed by atoms with van der Waals surface area (Å²) >= 11 is 0. The molecule has 25 atom stereocenters. The molecule has 0 aromatic heterocycles. The summed E-state index contributed by atoms with van der Waals surface area (Å²) < 4.78 is 36.7. The molecule has 0 radical (unpaired) electrons. The molecule has 3 heterocycles. The van der Waals surface area contributed by atoms with Crippen LogP contribution < -0.4 is 0 Å². The maximum atomic E-state index is 11.5. The molecular formula is C47H80O17. The molecule has 2 spiro atoms. The molecule has 0 aromatic carbocycles. The molecule has 11 N–H and O–H groups in total. The van der Waals surface area contributed by atoms with Crippen molar-refractivity contribution in [2.24, 2.45) is 50.7 Å². The second kappa shape index (κ2) is 17.3. The fourth-order valence-electron chi connectivity index (χ4n) is 15.5. The molecule has 8 fully saturated rings. The molecule has 5 aliphatic carbocycles. The third-order valence-corrected chi connectivity index (χ3v) is 19.4. The van der Waals surface area contributed by atoms with Gasteiger partial charge in [-0.05, 0) is 136 Å². The van der Waals surface area contributed by atoms with Crippen molar-refractivity contribution in [2.75, 3.05) is 13.2 Å². The smallest absolute Gasteiger partial charge is 0.186 e. The van der Waals surface area contributed by atoms with Crippen LogP contribution in [0.25, 0.3) is 0 Å². The number of aliphatic hydroxyl groups excluding tert-OH is 10. The normalized spacial score (nSPS) is 54.5. The topological polar surface area (TPSA) is 278 Å². The largest absolute Gasteiger partial charge is 0.390 e. The molecule has 0 aromatic rings. The predicted octanol–water partition coefficient (Wildman–Crippen LogP) is 0.445. The SMILES string of the molecule is C[C@H](CC[C@@H](O)C(C)(C)O)[C@H]1[C@@H](O[C@@H]2O[C@H](CO[C@@H]3O[C@@H](C)[C@H](O)[C@@H](O)[C@H]3O)[C@@H](O)[C@H](O)[C@H]2O)C[C@@]2(C)[C@@H]3CCC4C(C)(C)[C@@H](O[C@@H]5OC[C@@H](O)[C@H](O)[C@H]5O)CC[C@@]45C[C@@]35CC[C@]12C. The van der Waals surface area contributed by atoms with E-state index in [-0.39, 0.29) is 51.6 Å². The standard InChI is InChI=1S/C47H80O17/c1-21(9-12-28(49)43(5,6)58)30-24(62-41-38(57)35(54)33(52)25(63-41)19-60-39-37(56)34(53)31(50)22(2)61-39)17-45(8)27-11-10-26-42(3,4)29(64-40-36(55)32(51)23(48)18-59-40)13-14-46(26)20-47(27,46)16-15-44(30,45)7/h21-41,48-58H,9-20H2,1-8H3/t21-,22+,23-,24+,25-,26?,27+,28-,29+,30+,31+,32+,33-,34-,35+,36-,37-,38-,39-,40+,41-,44-,45+,46-,47+/m1/s1. The van der Waals surface area contributed by atoms with E-state index in [1.54, 1.807) is 13.8 Å². The Kier molecular flexibility index (Phi) is 13.5. The van der Waals surface area contributed by atoms with Crippen LogP contribution in [0.1, 0.15) is 120 Å². The van der Waals surface area contributed by atoms with Gasteiger partial charge < -0.3 is 84.6 Å². The van der Waals surface area contributed by atoms with E-state index < -0.39 is 110 Å². The van der Waals surface area contributed by atoms with Crippen LogP contribution in [0.3, 0.4) is 0 Å². The quantitative estimate of drug-likeness (QED) is 0.119. The highest BCUT2D eigenvalue weighted by atomic mass is 16.7. The van der Waals surface area contributed by atoms with Crippen molar-refractivity contribution in [2.45, 2.75) is 230 Å². The lowest BCUT2D eigenvalue weighted by molar-refractivity contribution is -0.335. The van der Waals surface area contributed by atoms with E-state index in [1.807, 2.05) is 0 Å². The molecule has 8 rings (SSSR count). The van der Waals surface area contributed by atoms with Crippen molar-refractivity contribution in [3.63, 3.8) is 0 Å². The van der Waals surface area contributed by atoms with Gasteiger partial charge in [0.2, 0.25) is 0 Å². The van der Waals surface area contributed by atoms with Gasteiger partial charge in [-0.15, -0.1) is 0 Å². The summed E-state index contributed by atoms with van der Waals surface area (Å²) in [5, 5.41) is 118. The van der Waals surface area contributed by atoms with Gasteiger partial charge in [0.15, 0.2) is 18.9 Å². The zero-order valence-electron chi connectivity index (χ0n) is 39.0. The van der Waals surface area contributed by atoms with Crippen LogP contribution in [0.15, 0.2) is 0 Å². The molecule has 17 heteroatoms. The maximum Gasteiger partial charge on any atom is 0.186 e. The zero-order chi connectivity index (χ0) is 46.9. The highest BCUT2D eigenvalue weighted by Gasteiger charge is 2.83. The Balaban J connectivity index is 1.03. The average molecular weight is 917 g/mol. The maximum absolute atomic E-state index is 11.5. The van der Waals surface area contributed by atoms with Gasteiger partial charge in [-0.2, -0.15) is 0 Å². The fraction of sp³-hybridized carbons (Fsp3) is 1.00. The van der Waals surface area contributed by atoms with Gasteiger partial charge in [0.1, 0.15) is 61.0 Å². The zero-order valence-corrected chi connectivity index (χ0v) is 39.0. The number of aliphatic hydroxyl groups is 11. The van der Waals surface area contributed by atoms with Crippen molar-refractivity contribution in [3.05, 3.63) is 0 Å². The molecule has 5 saturated carbocycles. The van der Waals surface area contributed by atoms with Gasteiger partial charge in [0.05, 0.1) is 43.2 Å². The molecule has 370 valence electrons. The lowest BCUT2D eigenvalue weighted by Crippen LogP contribution is -2.61. The molecule has 0 amide bonds. The first kappa shape index (κ1) is 49.7. The highest BCUT2D eigenvalue weighted by molar-refractivity contribution is 5.31. The Morgan fingerprint density at radius 3 is 1.98 bits per heavy atom. The molecule has 64 heavy (non-hydrogen) atoms. The summed E-state index contributed by atoms with van der Waals surface area (Å²) in [5.41, 5.74) is -1.85. The highest BCUT2D eigenvalue weighted by Crippen LogP contribution is 2.89. The second-order valence-corrected chi connectivity index (χ2v) is 23.4.